The molecule has 0 fully saturated rings. The Balaban J connectivity index is 2.84. The van der Waals surface area contributed by atoms with Crippen LogP contribution in [0.1, 0.15) is 37.3 Å². The summed E-state index contributed by atoms with van der Waals surface area (Å²) in [6.45, 7) is 8.41. The summed E-state index contributed by atoms with van der Waals surface area (Å²) in [4.78, 5) is 1.16. The third-order valence-corrected chi connectivity index (χ3v) is 3.23. The Kier molecular flexibility index (Phi) is 3.70. The minimum atomic E-state index is -0.548. The van der Waals surface area contributed by atoms with Crippen molar-refractivity contribution in [3.63, 3.8) is 0 Å². The topological polar surface area (TPSA) is 29.5 Å². The van der Waals surface area contributed by atoms with Gasteiger partial charge >= 0.3 is 0 Å². The molecule has 0 radical (unpaired) electrons. The van der Waals surface area contributed by atoms with Crippen LogP contribution in [0.5, 0.6) is 0 Å². The maximum Gasteiger partial charge on any atom is 0.108 e. The average Bonchev–Trinajstić information content (AvgIpc) is 2.50. The van der Waals surface area contributed by atoms with E-state index in [1.807, 2.05) is 39.1 Å². The molecule has 0 bridgehead atoms. The van der Waals surface area contributed by atoms with Crippen LogP contribution in [0.2, 0.25) is 0 Å². The molecule has 14 heavy (non-hydrogen) atoms. The molecule has 1 atom stereocenters. The molecule has 2 nitrogen and oxygen atoms in total. The van der Waals surface area contributed by atoms with E-state index in [0.717, 1.165) is 10.4 Å². The Labute approximate surface area is 89.5 Å². The lowest BCUT2D eigenvalue weighted by atomic mass is 9.95. The van der Waals surface area contributed by atoms with Crippen molar-refractivity contribution >= 4 is 11.3 Å². The minimum Gasteiger partial charge on any atom is -0.385 e. The second-order valence-corrected chi connectivity index (χ2v) is 4.99. The second-order valence-electron chi connectivity index (χ2n) is 3.87. The van der Waals surface area contributed by atoms with E-state index in [1.54, 1.807) is 11.3 Å². The highest BCUT2D eigenvalue weighted by Gasteiger charge is 2.30. The zero-order valence-corrected chi connectivity index (χ0v) is 10.0. The van der Waals surface area contributed by atoms with Gasteiger partial charge in [-0.05, 0) is 44.7 Å². The highest BCUT2D eigenvalue weighted by atomic mass is 32.1. The molecule has 0 amide bonds. The predicted octanol–water partition coefficient (Wildman–Crippen LogP) is 2.91. The van der Waals surface area contributed by atoms with Crippen LogP contribution in [0.15, 0.2) is 11.4 Å². The van der Waals surface area contributed by atoms with Crippen molar-refractivity contribution in [1.29, 1.82) is 0 Å². The average molecular weight is 214 g/mol. The summed E-state index contributed by atoms with van der Waals surface area (Å²) in [6.07, 6.45) is -0.548. The molecular formula is C11H18O2S. The third-order valence-electron chi connectivity index (χ3n) is 2.37. The molecule has 0 spiro atoms. The van der Waals surface area contributed by atoms with E-state index in [0.29, 0.717) is 6.61 Å². The lowest BCUT2D eigenvalue weighted by Crippen LogP contribution is -2.32. The fraction of sp³-hybridized carbons (Fsp3) is 0.636. The maximum atomic E-state index is 10.1. The largest absolute Gasteiger partial charge is 0.385 e. The highest BCUT2D eigenvalue weighted by Crippen LogP contribution is 2.32. The number of hydrogen-bond acceptors (Lipinski definition) is 3. The fourth-order valence-corrected chi connectivity index (χ4v) is 2.24. The standard InChI is InChI=1S/C11H18O2S/c1-5-13-11(3,4)10(12)9-6-7-14-8(9)2/h6-7,10,12H,5H2,1-4H3. The molecule has 1 aromatic rings. The van der Waals surface area contributed by atoms with Crippen molar-refractivity contribution in [2.45, 2.75) is 39.4 Å². The van der Waals surface area contributed by atoms with Gasteiger partial charge in [-0.1, -0.05) is 0 Å². The summed E-state index contributed by atoms with van der Waals surface area (Å²) in [7, 11) is 0. The molecule has 3 heteroatoms. The van der Waals surface area contributed by atoms with Gasteiger partial charge < -0.3 is 9.84 Å². The van der Waals surface area contributed by atoms with Gasteiger partial charge in [-0.15, -0.1) is 11.3 Å². The number of aryl methyl sites for hydroxylation is 1. The van der Waals surface area contributed by atoms with Crippen LogP contribution in [-0.2, 0) is 4.74 Å². The van der Waals surface area contributed by atoms with Crippen molar-refractivity contribution in [2.75, 3.05) is 6.61 Å². The Morgan fingerprint density at radius 3 is 2.64 bits per heavy atom. The molecular weight excluding hydrogens is 196 g/mol. The molecule has 80 valence electrons. The number of aliphatic hydroxyl groups excluding tert-OH is 1. The molecule has 0 aliphatic rings. The Morgan fingerprint density at radius 1 is 1.57 bits per heavy atom. The minimum absolute atomic E-state index is 0.513. The van der Waals surface area contributed by atoms with Crippen LogP contribution in [-0.4, -0.2) is 17.3 Å². The number of thiophene rings is 1. The summed E-state index contributed by atoms with van der Waals surface area (Å²) < 4.78 is 5.52. The number of hydrogen-bond donors (Lipinski definition) is 1. The Morgan fingerprint density at radius 2 is 2.21 bits per heavy atom. The fourth-order valence-electron chi connectivity index (χ4n) is 1.50. The first-order valence-corrected chi connectivity index (χ1v) is 5.73. The highest BCUT2D eigenvalue weighted by molar-refractivity contribution is 7.10. The van der Waals surface area contributed by atoms with E-state index >= 15 is 0 Å². The van der Waals surface area contributed by atoms with Gasteiger partial charge in [-0.3, -0.25) is 0 Å². The molecule has 0 saturated carbocycles. The van der Waals surface area contributed by atoms with Gasteiger partial charge in [-0.2, -0.15) is 0 Å². The normalized spacial score (nSPS) is 14.4. The van der Waals surface area contributed by atoms with Crippen LogP contribution < -0.4 is 0 Å². The van der Waals surface area contributed by atoms with Crippen molar-refractivity contribution in [2.24, 2.45) is 0 Å². The van der Waals surface area contributed by atoms with E-state index in [1.165, 1.54) is 0 Å². The van der Waals surface area contributed by atoms with Crippen LogP contribution >= 0.6 is 11.3 Å². The predicted molar refractivity (Wildman–Crippen MR) is 59.7 cm³/mol. The molecule has 1 aromatic heterocycles. The van der Waals surface area contributed by atoms with Crippen molar-refractivity contribution < 1.29 is 9.84 Å². The third kappa shape index (κ3) is 2.35. The zero-order chi connectivity index (χ0) is 10.8. The zero-order valence-electron chi connectivity index (χ0n) is 9.20. The number of rotatable bonds is 4. The smallest absolute Gasteiger partial charge is 0.108 e. The first-order chi connectivity index (χ1) is 6.49. The molecule has 1 rings (SSSR count). The molecule has 0 aliphatic heterocycles. The van der Waals surface area contributed by atoms with Crippen molar-refractivity contribution in [3.8, 4) is 0 Å². The first-order valence-electron chi connectivity index (χ1n) is 4.85. The van der Waals surface area contributed by atoms with Gasteiger partial charge in [-0.25, -0.2) is 0 Å². The van der Waals surface area contributed by atoms with Crippen molar-refractivity contribution in [3.05, 3.63) is 21.9 Å². The van der Waals surface area contributed by atoms with Crippen molar-refractivity contribution in [1.82, 2.24) is 0 Å². The van der Waals surface area contributed by atoms with Crippen LogP contribution in [0.4, 0.5) is 0 Å². The van der Waals surface area contributed by atoms with E-state index in [9.17, 15) is 5.11 Å². The van der Waals surface area contributed by atoms with Gasteiger partial charge in [0, 0.05) is 11.5 Å². The Bertz CT molecular complexity index is 291. The van der Waals surface area contributed by atoms with E-state index in [4.69, 9.17) is 4.74 Å². The molecule has 1 heterocycles. The van der Waals surface area contributed by atoms with Gasteiger partial charge in [0.1, 0.15) is 6.10 Å². The molecule has 0 aromatic carbocycles. The first kappa shape index (κ1) is 11.7. The van der Waals surface area contributed by atoms with Gasteiger partial charge in [0.15, 0.2) is 0 Å². The van der Waals surface area contributed by atoms with E-state index in [2.05, 4.69) is 0 Å². The van der Waals surface area contributed by atoms with Gasteiger partial charge in [0.25, 0.3) is 0 Å². The lowest BCUT2D eigenvalue weighted by Gasteiger charge is -2.30. The Hall–Kier alpha value is -0.380. The maximum absolute atomic E-state index is 10.1. The second kappa shape index (κ2) is 4.43. The van der Waals surface area contributed by atoms with Gasteiger partial charge in [0.2, 0.25) is 0 Å². The van der Waals surface area contributed by atoms with Crippen LogP contribution in [0.3, 0.4) is 0 Å². The molecule has 0 aliphatic carbocycles. The number of aliphatic hydroxyl groups is 1. The molecule has 1 N–H and O–H groups in total. The van der Waals surface area contributed by atoms with Gasteiger partial charge in [0.05, 0.1) is 5.60 Å². The molecule has 1 unspecified atom stereocenters. The van der Waals surface area contributed by atoms with Crippen LogP contribution in [0.25, 0.3) is 0 Å². The number of ether oxygens (including phenoxy) is 1. The quantitative estimate of drug-likeness (QED) is 0.835. The van der Waals surface area contributed by atoms with Crippen LogP contribution in [0, 0.1) is 6.92 Å². The summed E-state index contributed by atoms with van der Waals surface area (Å²) in [5.41, 5.74) is 0.467. The lowest BCUT2D eigenvalue weighted by molar-refractivity contribution is -0.0983. The summed E-state index contributed by atoms with van der Waals surface area (Å²) in [5.74, 6) is 0. The summed E-state index contributed by atoms with van der Waals surface area (Å²) in [5, 5.41) is 12.1. The van der Waals surface area contributed by atoms with E-state index in [-0.39, 0.29) is 0 Å². The summed E-state index contributed by atoms with van der Waals surface area (Å²) >= 11 is 1.65. The molecule has 0 saturated heterocycles. The monoisotopic (exact) mass is 214 g/mol. The van der Waals surface area contributed by atoms with E-state index < -0.39 is 11.7 Å². The SMILES string of the molecule is CCOC(C)(C)C(O)c1ccsc1C. The summed E-state index contributed by atoms with van der Waals surface area (Å²) in [6, 6.07) is 1.96.